The minimum atomic E-state index is -0.233. The van der Waals surface area contributed by atoms with Crippen molar-refractivity contribution in [2.75, 3.05) is 9.80 Å². The van der Waals surface area contributed by atoms with E-state index in [1.54, 1.807) is 0 Å². The van der Waals surface area contributed by atoms with Gasteiger partial charge in [0.05, 0.1) is 22.4 Å². The molecule has 2 aromatic heterocycles. The van der Waals surface area contributed by atoms with Crippen LogP contribution in [0.2, 0.25) is 0 Å². The molecule has 14 aromatic rings. The molecule has 2 aliphatic heterocycles. The van der Waals surface area contributed by atoms with Gasteiger partial charge in [0.1, 0.15) is 0 Å². The van der Waals surface area contributed by atoms with Crippen molar-refractivity contribution in [3.8, 4) is 50.2 Å². The van der Waals surface area contributed by atoms with Crippen molar-refractivity contribution in [3.63, 3.8) is 0 Å². The molecular weight excluding hydrogens is 1050 g/mol. The first-order valence-electron chi connectivity index (χ1n) is 30.2. The Morgan fingerprint density at radius 3 is 1.55 bits per heavy atom. The zero-order valence-corrected chi connectivity index (χ0v) is 49.2. The van der Waals surface area contributed by atoms with Crippen LogP contribution in [0.15, 0.2) is 267 Å². The Morgan fingerprint density at radius 2 is 0.941 bits per heavy atom. The number of nitrogens with zero attached hydrogens (tertiary/aromatic N) is 3. The lowest BCUT2D eigenvalue weighted by Crippen LogP contribution is -2.61. The minimum Gasteiger partial charge on any atom is -0.311 e. The quantitative estimate of drug-likeness (QED) is 0.126. The highest BCUT2D eigenvalue weighted by molar-refractivity contribution is 7.25. The Labute approximate surface area is 502 Å². The highest BCUT2D eigenvalue weighted by Gasteiger charge is 2.46. The summed E-state index contributed by atoms with van der Waals surface area (Å²) in [6.07, 6.45) is 3.14. The van der Waals surface area contributed by atoms with Gasteiger partial charge in [-0.05, 0) is 152 Å². The molecule has 5 heteroatoms. The van der Waals surface area contributed by atoms with E-state index in [0.29, 0.717) is 0 Å². The minimum absolute atomic E-state index is 0.136. The fourth-order valence-corrected chi connectivity index (χ4v) is 15.1. The summed E-state index contributed by atoms with van der Waals surface area (Å²) in [5, 5.41) is 5.18. The van der Waals surface area contributed by atoms with Crippen molar-refractivity contribution in [1.29, 1.82) is 0 Å². The summed E-state index contributed by atoms with van der Waals surface area (Å²) in [4.78, 5) is 5.42. The summed E-state index contributed by atoms with van der Waals surface area (Å²) in [6, 6.07) is 101. The van der Waals surface area contributed by atoms with Crippen molar-refractivity contribution < 1.29 is 0 Å². The third kappa shape index (κ3) is 8.39. The van der Waals surface area contributed by atoms with Gasteiger partial charge in [-0.2, -0.15) is 0 Å². The summed E-state index contributed by atoms with van der Waals surface area (Å²) in [5.41, 5.74) is 26.5. The highest BCUT2D eigenvalue weighted by atomic mass is 32.1. The van der Waals surface area contributed by atoms with E-state index in [2.05, 4.69) is 309 Å². The van der Waals surface area contributed by atoms with Crippen LogP contribution in [-0.2, 0) is 11.8 Å². The van der Waals surface area contributed by atoms with E-state index in [4.69, 9.17) is 0 Å². The van der Waals surface area contributed by atoms with Crippen molar-refractivity contribution in [3.05, 3.63) is 278 Å². The maximum Gasteiger partial charge on any atom is 0.252 e. The van der Waals surface area contributed by atoms with Crippen molar-refractivity contribution >= 4 is 111 Å². The van der Waals surface area contributed by atoms with Crippen LogP contribution in [0.3, 0.4) is 0 Å². The SMILES string of the molecule is CCCCc1cc2c(cc1N1c3cc(-n4c5ccccc5c5ccccc54)ccc3B3c4cc(-c5ccccc5)ccc4N(c4c(-c5ccccc5)cc(-c5ccccc5)cc4-c4ccccc4)c4cc(C(C)(C)C)cc1c43)sc1ccccc12. The number of aryl methyl sites for hydroxylation is 1. The highest BCUT2D eigenvalue weighted by Crippen LogP contribution is 2.54. The molecule has 16 rings (SSSR count). The number of anilines is 6. The van der Waals surface area contributed by atoms with Gasteiger partial charge in [0.2, 0.25) is 0 Å². The molecule has 0 saturated carbocycles. The molecule has 0 unspecified atom stereocenters. The van der Waals surface area contributed by atoms with E-state index < -0.39 is 0 Å². The molecular formula is C80H62BN3S. The predicted octanol–water partition coefficient (Wildman–Crippen LogP) is 20.5. The standard InChI is InChI=1S/C80H62BN3S/c1-5-6-25-57-44-66-63-36-21-24-39-76(63)85-77(66)51-72(57)83-73-50-60(82-69-37-22-19-34-61(69)62-35-20-23-38-70(62)82)41-42-67(73)81-68-47-56(52-26-11-7-12-27-52)40-43-71(68)84(75-49-59(80(2,3)4)48-74(83)78(75)81)79-64(54-30-15-9-16-31-54)45-58(53-28-13-8-14-29-53)46-65(79)55-32-17-10-18-33-55/h7-24,26-51H,5-6,25H2,1-4H3. The molecule has 0 radical (unpaired) electrons. The van der Waals surface area contributed by atoms with E-state index in [0.717, 1.165) is 30.6 Å². The third-order valence-electron chi connectivity index (χ3n) is 18.1. The summed E-state index contributed by atoms with van der Waals surface area (Å²) in [6.45, 7) is 9.37. The topological polar surface area (TPSA) is 11.4 Å². The summed E-state index contributed by atoms with van der Waals surface area (Å²) in [7, 11) is 0. The first kappa shape index (κ1) is 51.0. The molecule has 0 bridgehead atoms. The van der Waals surface area contributed by atoms with Crippen LogP contribution in [-0.4, -0.2) is 11.3 Å². The molecule has 0 spiro atoms. The normalized spacial score (nSPS) is 12.8. The van der Waals surface area contributed by atoms with Crippen molar-refractivity contribution in [2.24, 2.45) is 0 Å². The first-order chi connectivity index (χ1) is 41.8. The molecule has 0 fully saturated rings. The molecule has 0 amide bonds. The second kappa shape index (κ2) is 20.3. The van der Waals surface area contributed by atoms with E-state index in [9.17, 15) is 0 Å². The molecule has 0 N–H and O–H groups in total. The van der Waals surface area contributed by atoms with Crippen LogP contribution in [0.5, 0.6) is 0 Å². The molecule has 12 aromatic carbocycles. The molecule has 2 aliphatic rings. The maximum absolute atomic E-state index is 2.73. The molecule has 406 valence electrons. The lowest BCUT2D eigenvalue weighted by Gasteiger charge is -2.46. The van der Waals surface area contributed by atoms with Gasteiger partial charge < -0.3 is 14.4 Å². The van der Waals surface area contributed by atoms with Crippen LogP contribution in [0.1, 0.15) is 51.7 Å². The number of hydrogen-bond acceptors (Lipinski definition) is 3. The Kier molecular flexibility index (Phi) is 12.2. The first-order valence-corrected chi connectivity index (χ1v) is 31.0. The van der Waals surface area contributed by atoms with Gasteiger partial charge >= 0.3 is 0 Å². The second-order valence-corrected chi connectivity index (χ2v) is 25.3. The van der Waals surface area contributed by atoms with Crippen LogP contribution in [0.4, 0.5) is 34.1 Å². The van der Waals surface area contributed by atoms with Gasteiger partial charge in [-0.1, -0.05) is 228 Å². The lowest BCUT2D eigenvalue weighted by atomic mass is 9.33. The van der Waals surface area contributed by atoms with Gasteiger partial charge in [0.25, 0.3) is 6.71 Å². The number of fused-ring (bicyclic) bond motifs is 10. The molecule has 0 aliphatic carbocycles. The Morgan fingerprint density at radius 1 is 0.388 bits per heavy atom. The summed E-state index contributed by atoms with van der Waals surface area (Å²) in [5.74, 6) is 0. The van der Waals surface area contributed by atoms with E-state index in [1.807, 2.05) is 11.3 Å². The molecule has 3 nitrogen and oxygen atoms in total. The van der Waals surface area contributed by atoms with E-state index in [-0.39, 0.29) is 12.1 Å². The van der Waals surface area contributed by atoms with Crippen LogP contribution in [0, 0.1) is 0 Å². The van der Waals surface area contributed by atoms with Gasteiger partial charge in [-0.3, -0.25) is 0 Å². The van der Waals surface area contributed by atoms with Crippen LogP contribution in [0.25, 0.3) is 92.2 Å². The molecule has 0 saturated heterocycles. The Balaban J connectivity index is 1.07. The average Bonchev–Trinajstić information content (AvgIpc) is 2.29. The summed E-state index contributed by atoms with van der Waals surface area (Å²) >= 11 is 1.91. The van der Waals surface area contributed by atoms with Crippen molar-refractivity contribution in [2.45, 2.75) is 52.4 Å². The second-order valence-electron chi connectivity index (χ2n) is 24.2. The van der Waals surface area contributed by atoms with Crippen molar-refractivity contribution in [1.82, 2.24) is 4.57 Å². The number of thiophene rings is 1. The fraction of sp³-hybridized carbons (Fsp3) is 0.100. The van der Waals surface area contributed by atoms with Gasteiger partial charge in [0.15, 0.2) is 0 Å². The Bertz CT molecular complexity index is 4810. The number of hydrogen-bond donors (Lipinski definition) is 0. The van der Waals surface area contributed by atoms with Gasteiger partial charge in [0, 0.05) is 70.5 Å². The zero-order chi connectivity index (χ0) is 56.9. The number of rotatable bonds is 10. The number of unbranched alkanes of at least 4 members (excludes halogenated alkanes) is 1. The molecule has 85 heavy (non-hydrogen) atoms. The molecule has 4 heterocycles. The van der Waals surface area contributed by atoms with Gasteiger partial charge in [-0.15, -0.1) is 11.3 Å². The van der Waals surface area contributed by atoms with Crippen LogP contribution < -0.4 is 26.2 Å². The van der Waals surface area contributed by atoms with E-state index >= 15 is 0 Å². The lowest BCUT2D eigenvalue weighted by molar-refractivity contribution is 0.590. The average molecular weight is 1110 g/mol. The molecule has 0 atom stereocenters. The monoisotopic (exact) mass is 1110 g/mol. The predicted molar refractivity (Wildman–Crippen MR) is 367 cm³/mol. The van der Waals surface area contributed by atoms with Crippen LogP contribution >= 0.6 is 11.3 Å². The zero-order valence-electron chi connectivity index (χ0n) is 48.4. The third-order valence-corrected chi connectivity index (χ3v) is 19.2. The number of benzene rings is 12. The largest absolute Gasteiger partial charge is 0.311 e. The van der Waals surface area contributed by atoms with E-state index in [1.165, 1.54) is 142 Å². The number of para-hydroxylation sites is 2. The smallest absolute Gasteiger partial charge is 0.252 e. The maximum atomic E-state index is 2.73. The fourth-order valence-electron chi connectivity index (χ4n) is 14.0. The Hall–Kier alpha value is -9.68. The number of aromatic nitrogens is 1. The summed E-state index contributed by atoms with van der Waals surface area (Å²) < 4.78 is 5.12. The van der Waals surface area contributed by atoms with Gasteiger partial charge in [-0.25, -0.2) is 0 Å².